The van der Waals surface area contributed by atoms with E-state index in [1.807, 2.05) is 0 Å². The van der Waals surface area contributed by atoms with E-state index in [2.05, 4.69) is 5.32 Å². The van der Waals surface area contributed by atoms with Crippen molar-refractivity contribution in [2.24, 2.45) is 0 Å². The van der Waals surface area contributed by atoms with Crippen LogP contribution in [0.2, 0.25) is 0 Å². The largest absolute Gasteiger partial charge is 0.493 e. The summed E-state index contributed by atoms with van der Waals surface area (Å²) >= 11 is 0. The molecule has 1 atom stereocenters. The minimum atomic E-state index is -5.08. The lowest BCUT2D eigenvalue weighted by atomic mass is 9.91. The molecule has 5 rings (SSSR count). The molecule has 0 saturated carbocycles. The van der Waals surface area contributed by atoms with Crippen LogP contribution in [0.3, 0.4) is 0 Å². The Morgan fingerprint density at radius 2 is 1.76 bits per heavy atom. The number of ether oxygens (including phenoxy) is 2. The number of aliphatic hydroxyl groups is 1. The maximum atomic E-state index is 14.9. The Kier molecular flexibility index (Phi) is 10.4. The van der Waals surface area contributed by atoms with E-state index < -0.39 is 46.8 Å². The topological polar surface area (TPSA) is 156 Å². The van der Waals surface area contributed by atoms with E-state index in [9.17, 15) is 38.0 Å². The lowest BCUT2D eigenvalue weighted by Gasteiger charge is -2.39. The van der Waals surface area contributed by atoms with Crippen LogP contribution in [0.15, 0.2) is 72.9 Å². The summed E-state index contributed by atoms with van der Waals surface area (Å²) in [4.78, 5) is 35.5. The number of benzene rings is 3. The van der Waals surface area contributed by atoms with Crippen molar-refractivity contribution >= 4 is 28.5 Å². The number of halogens is 3. The Labute approximate surface area is 278 Å². The zero-order chi connectivity index (χ0) is 35.3. The summed E-state index contributed by atoms with van der Waals surface area (Å²) in [5.74, 6) is -0.949. The maximum Gasteiger partial charge on any atom is 0.422 e. The van der Waals surface area contributed by atoms with Gasteiger partial charge in [0, 0.05) is 67.6 Å². The smallest absolute Gasteiger partial charge is 0.422 e. The number of non-ortho nitro benzene ring substituents is 1. The van der Waals surface area contributed by atoms with Gasteiger partial charge < -0.3 is 29.6 Å². The van der Waals surface area contributed by atoms with Gasteiger partial charge in [0.1, 0.15) is 6.10 Å². The number of fused-ring (bicyclic) bond motifs is 1. The van der Waals surface area contributed by atoms with Crippen LogP contribution in [-0.2, 0) is 16.9 Å². The van der Waals surface area contributed by atoms with E-state index >= 15 is 0 Å². The number of aliphatic carboxylic acids is 1. The fourth-order valence-electron chi connectivity index (χ4n) is 5.94. The van der Waals surface area contributed by atoms with Gasteiger partial charge in [0.15, 0.2) is 11.5 Å². The van der Waals surface area contributed by atoms with Crippen LogP contribution in [-0.4, -0.2) is 82.0 Å². The molecule has 49 heavy (non-hydrogen) atoms. The van der Waals surface area contributed by atoms with Crippen LogP contribution in [0.5, 0.6) is 11.5 Å². The molecule has 4 aromatic rings. The summed E-state index contributed by atoms with van der Waals surface area (Å²) in [7, 11) is 1.39. The van der Waals surface area contributed by atoms with Crippen LogP contribution in [0.25, 0.3) is 10.9 Å². The van der Waals surface area contributed by atoms with Crippen molar-refractivity contribution in [2.45, 2.75) is 43.7 Å². The van der Waals surface area contributed by atoms with Crippen molar-refractivity contribution in [2.75, 3.05) is 33.3 Å². The summed E-state index contributed by atoms with van der Waals surface area (Å²) < 4.78 is 57.6. The highest BCUT2D eigenvalue weighted by Crippen LogP contribution is 2.44. The van der Waals surface area contributed by atoms with Gasteiger partial charge in [-0.1, -0.05) is 30.3 Å². The van der Waals surface area contributed by atoms with E-state index in [0.29, 0.717) is 18.6 Å². The highest BCUT2D eigenvalue weighted by molar-refractivity contribution is 5.95. The zero-order valence-electron chi connectivity index (χ0n) is 26.5. The van der Waals surface area contributed by atoms with Crippen LogP contribution in [0.4, 0.5) is 18.9 Å². The number of methoxy groups -OCH3 is 1. The Morgan fingerprint density at radius 3 is 2.39 bits per heavy atom. The van der Waals surface area contributed by atoms with Crippen molar-refractivity contribution in [1.29, 1.82) is 0 Å². The number of β-amino-alcohol motifs (C(OH)–C–C–N with tert-alkyl or cyclic N) is 1. The number of carbonyl (C=O) groups is 2. The minimum Gasteiger partial charge on any atom is -0.493 e. The molecule has 0 aliphatic carbocycles. The zero-order valence-corrected chi connectivity index (χ0v) is 26.5. The normalized spacial score (nSPS) is 15.4. The van der Waals surface area contributed by atoms with Gasteiger partial charge in [0.2, 0.25) is 5.60 Å². The molecule has 1 aromatic heterocycles. The molecule has 1 amide bonds. The summed E-state index contributed by atoms with van der Waals surface area (Å²) in [6.07, 6.45) is -3.82. The Hall–Kier alpha value is -5.15. The van der Waals surface area contributed by atoms with Gasteiger partial charge in [0.05, 0.1) is 24.0 Å². The number of piperidine rings is 1. The van der Waals surface area contributed by atoms with Crippen LogP contribution < -0.4 is 14.8 Å². The third kappa shape index (κ3) is 7.95. The lowest BCUT2D eigenvalue weighted by molar-refractivity contribution is -0.384. The number of nitro groups is 1. The fourth-order valence-corrected chi connectivity index (χ4v) is 5.94. The van der Waals surface area contributed by atoms with Gasteiger partial charge in [-0.2, -0.15) is 13.2 Å². The molecule has 3 aromatic carbocycles. The summed E-state index contributed by atoms with van der Waals surface area (Å²) in [6, 6.07) is 17.0. The summed E-state index contributed by atoms with van der Waals surface area (Å²) in [5, 5.41) is 34.4. The van der Waals surface area contributed by atoms with E-state index in [0.717, 1.165) is 11.6 Å². The highest BCUT2D eigenvalue weighted by Gasteiger charge is 2.57. The van der Waals surface area contributed by atoms with Gasteiger partial charge in [-0.05, 0) is 42.7 Å². The first-order valence-electron chi connectivity index (χ1n) is 15.5. The molecule has 15 heteroatoms. The third-order valence-corrected chi connectivity index (χ3v) is 8.52. The second-order valence-electron chi connectivity index (χ2n) is 11.8. The molecule has 0 bridgehead atoms. The number of nitrogens with zero attached hydrogens (tertiary/aromatic N) is 3. The van der Waals surface area contributed by atoms with Crippen molar-refractivity contribution in [3.05, 3.63) is 99.7 Å². The first kappa shape index (κ1) is 35.2. The Balaban J connectivity index is 1.32. The monoisotopic (exact) mass is 684 g/mol. The molecule has 1 aliphatic heterocycles. The first-order valence-corrected chi connectivity index (χ1v) is 15.5. The number of nitro benzene ring substituents is 1. The van der Waals surface area contributed by atoms with E-state index in [-0.39, 0.29) is 60.5 Å². The molecule has 12 nitrogen and oxygen atoms in total. The van der Waals surface area contributed by atoms with Crippen molar-refractivity contribution < 1.29 is 47.4 Å². The van der Waals surface area contributed by atoms with Crippen LogP contribution >= 0.6 is 0 Å². The fraction of sp³-hybridized carbons (Fsp3) is 0.353. The predicted molar refractivity (Wildman–Crippen MR) is 172 cm³/mol. The standard InChI is InChI=1S/C34H35F3N4O8/c1-48-30-17-23(32(44)38-14-11-31(42)43)7-10-29(30)49-25-12-15-39(16-13-25)21-33(45,34(35,36)37)27-20-40(19-22-5-3-2-4-6-22)28-18-24(41(46)47)8-9-26(27)28/h2-10,17-18,20,25,45H,11-16,19,21H2,1H3,(H,38,44)(H,42,43). The molecule has 1 saturated heterocycles. The van der Waals surface area contributed by atoms with Crippen molar-refractivity contribution in [3.63, 3.8) is 0 Å². The molecule has 3 N–H and O–H groups in total. The van der Waals surface area contributed by atoms with E-state index in [1.165, 1.54) is 53.1 Å². The number of carboxylic acids is 1. The summed E-state index contributed by atoms with van der Waals surface area (Å²) in [6.45, 7) is -0.336. The highest BCUT2D eigenvalue weighted by atomic mass is 19.4. The van der Waals surface area contributed by atoms with Crippen molar-refractivity contribution in [1.82, 2.24) is 14.8 Å². The number of carbonyl (C=O) groups excluding carboxylic acids is 1. The molecule has 0 spiro atoms. The number of nitrogens with one attached hydrogen (secondary N) is 1. The molecule has 1 unspecified atom stereocenters. The quantitative estimate of drug-likeness (QED) is 0.129. The number of rotatable bonds is 13. The van der Waals surface area contributed by atoms with E-state index in [4.69, 9.17) is 14.6 Å². The second-order valence-corrected chi connectivity index (χ2v) is 11.8. The third-order valence-electron chi connectivity index (χ3n) is 8.52. The van der Waals surface area contributed by atoms with Gasteiger partial charge in [0.25, 0.3) is 11.6 Å². The van der Waals surface area contributed by atoms with Crippen LogP contribution in [0, 0.1) is 10.1 Å². The molecule has 1 fully saturated rings. The first-order chi connectivity index (χ1) is 23.3. The van der Waals surface area contributed by atoms with Gasteiger partial charge >= 0.3 is 12.1 Å². The number of amides is 1. The number of carboxylic acid groups (broad SMARTS) is 1. The average Bonchev–Trinajstić information content (AvgIpc) is 3.43. The number of hydrogen-bond acceptors (Lipinski definition) is 8. The Morgan fingerprint density at radius 1 is 1.04 bits per heavy atom. The second kappa shape index (κ2) is 14.5. The molecular formula is C34H35F3N4O8. The number of hydrogen-bond donors (Lipinski definition) is 3. The van der Waals surface area contributed by atoms with Gasteiger partial charge in [-0.25, -0.2) is 0 Å². The van der Waals surface area contributed by atoms with Crippen LogP contribution in [0.1, 0.15) is 40.7 Å². The lowest BCUT2D eigenvalue weighted by Crippen LogP contribution is -2.53. The Bertz CT molecular complexity index is 1820. The minimum absolute atomic E-state index is 0.0466. The number of alkyl halides is 3. The average molecular weight is 685 g/mol. The van der Waals surface area contributed by atoms with E-state index in [1.54, 1.807) is 30.3 Å². The van der Waals surface area contributed by atoms with Gasteiger partial charge in [-0.3, -0.25) is 24.6 Å². The molecule has 260 valence electrons. The number of likely N-dealkylation sites (tertiary alicyclic amines) is 1. The maximum absolute atomic E-state index is 14.9. The SMILES string of the molecule is COc1cc(C(=O)NCCC(=O)O)ccc1OC1CCN(CC(O)(c2cn(Cc3ccccc3)c3cc([N+](=O)[O-])ccc23)C(F)(F)F)CC1. The number of aromatic nitrogens is 1. The van der Waals surface area contributed by atoms with Gasteiger partial charge in [-0.15, -0.1) is 0 Å². The molecule has 2 heterocycles. The predicted octanol–water partition coefficient (Wildman–Crippen LogP) is 5.10. The molecule has 1 aliphatic rings. The summed E-state index contributed by atoms with van der Waals surface area (Å²) in [5.41, 5.74) is -2.77. The molecule has 0 radical (unpaired) electrons. The van der Waals surface area contributed by atoms with Crippen molar-refractivity contribution in [3.8, 4) is 11.5 Å². The molecular weight excluding hydrogens is 649 g/mol.